The van der Waals surface area contributed by atoms with Gasteiger partial charge in [-0.1, -0.05) is 18.2 Å². The Balaban J connectivity index is 3.04. The molecule has 8 heteroatoms. The third-order valence-electron chi connectivity index (χ3n) is 2.67. The summed E-state index contributed by atoms with van der Waals surface area (Å²) >= 11 is 0. The van der Waals surface area contributed by atoms with E-state index in [4.69, 9.17) is 9.05 Å². The Hall–Kier alpha value is -0.880. The molecule has 0 saturated heterocycles. The van der Waals surface area contributed by atoms with E-state index in [-0.39, 0.29) is 18.8 Å². The van der Waals surface area contributed by atoms with E-state index in [1.54, 1.807) is 13.8 Å². The second-order valence-electron chi connectivity index (χ2n) is 4.23. The lowest BCUT2D eigenvalue weighted by molar-refractivity contribution is -0.139. The van der Waals surface area contributed by atoms with Gasteiger partial charge in [-0.3, -0.25) is 4.57 Å². The van der Waals surface area contributed by atoms with Gasteiger partial charge >= 0.3 is 13.8 Å². The molecule has 21 heavy (non-hydrogen) atoms. The zero-order valence-corrected chi connectivity index (χ0v) is 12.7. The second kappa shape index (κ2) is 7.40. The van der Waals surface area contributed by atoms with Crippen molar-refractivity contribution in [2.45, 2.75) is 26.1 Å². The molecule has 0 aliphatic carbocycles. The molecular weight excluding hydrogens is 308 g/mol. The van der Waals surface area contributed by atoms with Crippen LogP contribution in [0.25, 0.3) is 0 Å². The van der Waals surface area contributed by atoms with Gasteiger partial charge in [0.25, 0.3) is 0 Å². The molecule has 4 nitrogen and oxygen atoms in total. The van der Waals surface area contributed by atoms with Gasteiger partial charge in [-0.2, -0.15) is 13.2 Å². The zero-order valence-electron chi connectivity index (χ0n) is 11.8. The number of alkyl halides is 3. The monoisotopic (exact) mass is 326 g/mol. The van der Waals surface area contributed by atoms with Crippen molar-refractivity contribution in [3.8, 4) is 0 Å². The molecule has 0 aliphatic rings. The Morgan fingerprint density at radius 3 is 2.19 bits per heavy atom. The van der Waals surface area contributed by atoms with E-state index >= 15 is 0 Å². The van der Waals surface area contributed by atoms with Crippen LogP contribution in [-0.4, -0.2) is 24.5 Å². The molecular formula is C13H18F3O4P. The summed E-state index contributed by atoms with van der Waals surface area (Å²) in [6.45, 7) is 3.32. The van der Waals surface area contributed by atoms with E-state index in [0.717, 1.165) is 12.1 Å². The Morgan fingerprint density at radius 2 is 1.71 bits per heavy atom. The molecule has 0 amide bonds. The van der Waals surface area contributed by atoms with Crippen molar-refractivity contribution < 1.29 is 31.9 Å². The largest absolute Gasteiger partial charge is 0.416 e. The highest BCUT2D eigenvalue weighted by Crippen LogP contribution is 2.51. The van der Waals surface area contributed by atoms with Crippen LogP contribution < -0.4 is 0 Å². The van der Waals surface area contributed by atoms with Crippen LogP contribution in [0.4, 0.5) is 13.2 Å². The second-order valence-corrected chi connectivity index (χ2v) is 6.33. The van der Waals surface area contributed by atoms with Crippen LogP contribution in [0.1, 0.15) is 31.1 Å². The molecule has 0 saturated carbocycles. The number of benzene rings is 1. The molecule has 1 atom stereocenters. The highest BCUT2D eigenvalue weighted by molar-refractivity contribution is 7.53. The number of aliphatic hydroxyl groups is 1. The van der Waals surface area contributed by atoms with Crippen LogP contribution in [0.3, 0.4) is 0 Å². The Morgan fingerprint density at radius 1 is 1.19 bits per heavy atom. The number of aliphatic hydroxyl groups excluding tert-OH is 1. The molecule has 0 unspecified atom stereocenters. The highest BCUT2D eigenvalue weighted by atomic mass is 31.2. The fourth-order valence-corrected chi connectivity index (χ4v) is 3.58. The van der Waals surface area contributed by atoms with Crippen molar-refractivity contribution in [1.29, 1.82) is 0 Å². The van der Waals surface area contributed by atoms with Crippen molar-refractivity contribution in [3.63, 3.8) is 0 Å². The lowest BCUT2D eigenvalue weighted by atomic mass is 10.0. The topological polar surface area (TPSA) is 55.8 Å². The lowest BCUT2D eigenvalue weighted by Gasteiger charge is -2.22. The van der Waals surface area contributed by atoms with Gasteiger partial charge in [0.1, 0.15) is 0 Å². The molecule has 0 heterocycles. The van der Waals surface area contributed by atoms with Crippen molar-refractivity contribution in [2.24, 2.45) is 0 Å². The van der Waals surface area contributed by atoms with Crippen LogP contribution in [0.2, 0.25) is 0 Å². The summed E-state index contributed by atoms with van der Waals surface area (Å²) in [6, 6.07) is 4.62. The lowest BCUT2D eigenvalue weighted by Crippen LogP contribution is -2.15. The average Bonchev–Trinajstić information content (AvgIpc) is 2.38. The van der Waals surface area contributed by atoms with Crippen LogP contribution in [0, 0.1) is 0 Å². The maximum atomic E-state index is 12.9. The van der Waals surface area contributed by atoms with E-state index in [9.17, 15) is 22.8 Å². The Labute approximate surface area is 121 Å². The van der Waals surface area contributed by atoms with Crippen LogP contribution >= 0.6 is 7.60 Å². The van der Waals surface area contributed by atoms with E-state index in [1.165, 1.54) is 12.1 Å². The molecule has 0 spiro atoms. The molecule has 0 bridgehead atoms. The van der Waals surface area contributed by atoms with E-state index in [2.05, 4.69) is 0 Å². The molecule has 1 aromatic rings. The van der Waals surface area contributed by atoms with Crippen LogP contribution in [-0.2, 0) is 19.8 Å². The van der Waals surface area contributed by atoms with Crippen LogP contribution in [0.5, 0.6) is 0 Å². The first-order chi connectivity index (χ1) is 9.73. The van der Waals surface area contributed by atoms with Crippen molar-refractivity contribution in [2.75, 3.05) is 19.4 Å². The summed E-state index contributed by atoms with van der Waals surface area (Å²) in [7, 11) is -3.63. The van der Waals surface area contributed by atoms with Gasteiger partial charge in [-0.05, 0) is 25.5 Å². The van der Waals surface area contributed by atoms with Gasteiger partial charge < -0.3 is 14.2 Å². The van der Waals surface area contributed by atoms with Gasteiger partial charge in [0.05, 0.1) is 31.0 Å². The SMILES string of the molecule is CCOP(=O)(C[C@@H](O)c1ccccc1C(F)(F)F)OCC. The maximum Gasteiger partial charge on any atom is 0.416 e. The number of rotatable bonds is 7. The standard InChI is InChI=1S/C13H18F3O4P/c1-3-19-21(18,20-4-2)9-12(17)10-7-5-6-8-11(10)13(14,15)16/h5-8,12,17H,3-4,9H2,1-2H3/t12-/m1/s1. The first kappa shape index (κ1) is 18.2. The highest BCUT2D eigenvalue weighted by Gasteiger charge is 2.37. The summed E-state index contributed by atoms with van der Waals surface area (Å²) < 4.78 is 60.9. The van der Waals surface area contributed by atoms with Gasteiger partial charge in [-0.15, -0.1) is 0 Å². The zero-order chi connectivity index (χ0) is 16.1. The van der Waals surface area contributed by atoms with E-state index in [1.807, 2.05) is 0 Å². The van der Waals surface area contributed by atoms with Gasteiger partial charge in [-0.25, -0.2) is 0 Å². The number of hydrogen-bond donors (Lipinski definition) is 1. The Bertz CT molecular complexity index is 494. The first-order valence-corrected chi connectivity index (χ1v) is 8.18. The number of hydrogen-bond acceptors (Lipinski definition) is 4. The minimum Gasteiger partial charge on any atom is -0.388 e. The van der Waals surface area contributed by atoms with Crippen molar-refractivity contribution >= 4 is 7.60 Å². The molecule has 1 rings (SSSR count). The fraction of sp³-hybridized carbons (Fsp3) is 0.538. The number of halogens is 3. The minimum atomic E-state index is -4.60. The maximum absolute atomic E-state index is 12.9. The first-order valence-electron chi connectivity index (χ1n) is 6.45. The minimum absolute atomic E-state index is 0.0743. The Kier molecular flexibility index (Phi) is 6.41. The van der Waals surface area contributed by atoms with E-state index in [0.29, 0.717) is 0 Å². The summed E-state index contributed by atoms with van der Waals surface area (Å²) in [6.07, 6.45) is -6.72. The summed E-state index contributed by atoms with van der Waals surface area (Å²) in [4.78, 5) is 0. The molecule has 0 aliphatic heterocycles. The normalized spacial score (nSPS) is 14.2. The quantitative estimate of drug-likeness (QED) is 0.769. The third kappa shape index (κ3) is 5.11. The molecule has 1 N–H and O–H groups in total. The van der Waals surface area contributed by atoms with Gasteiger partial charge in [0, 0.05) is 0 Å². The summed E-state index contributed by atoms with van der Waals surface area (Å²) in [5, 5.41) is 10.0. The summed E-state index contributed by atoms with van der Waals surface area (Å²) in [5.41, 5.74) is -1.30. The molecule has 0 fully saturated rings. The molecule has 1 aromatic carbocycles. The van der Waals surface area contributed by atoms with Gasteiger partial charge in [0.15, 0.2) is 0 Å². The molecule has 120 valence electrons. The average molecular weight is 326 g/mol. The van der Waals surface area contributed by atoms with Crippen molar-refractivity contribution in [1.82, 2.24) is 0 Å². The van der Waals surface area contributed by atoms with E-state index < -0.39 is 31.6 Å². The smallest absolute Gasteiger partial charge is 0.388 e. The molecule has 0 aromatic heterocycles. The predicted molar refractivity (Wildman–Crippen MR) is 72.1 cm³/mol. The van der Waals surface area contributed by atoms with Gasteiger partial charge in [0.2, 0.25) is 0 Å². The third-order valence-corrected chi connectivity index (χ3v) is 4.77. The fourth-order valence-electron chi connectivity index (χ4n) is 1.89. The van der Waals surface area contributed by atoms with Crippen LogP contribution in [0.15, 0.2) is 24.3 Å². The predicted octanol–water partition coefficient (Wildman–Crippen LogP) is 4.00. The molecule has 0 radical (unpaired) electrons. The van der Waals surface area contributed by atoms with Crippen molar-refractivity contribution in [3.05, 3.63) is 35.4 Å². The summed E-state index contributed by atoms with van der Waals surface area (Å²) in [5.74, 6) is 0.